The fourth-order valence-corrected chi connectivity index (χ4v) is 2.76. The van der Waals surface area contributed by atoms with E-state index in [1.54, 1.807) is 6.20 Å². The largest absolute Gasteiger partial charge is 0.324 e. The molecule has 1 N–H and O–H groups in total. The molecular weight excluding hydrogens is 322 g/mol. The first kappa shape index (κ1) is 16.0. The number of aryl methyl sites for hydroxylation is 2. The lowest BCUT2D eigenvalue weighted by atomic mass is 10.2. The van der Waals surface area contributed by atoms with Gasteiger partial charge in [-0.05, 0) is 44.2 Å². The van der Waals surface area contributed by atoms with Crippen molar-refractivity contribution < 1.29 is 0 Å². The molecular formula is C21H19N5. The molecule has 0 radical (unpaired) electrons. The van der Waals surface area contributed by atoms with Crippen LogP contribution in [0.5, 0.6) is 0 Å². The van der Waals surface area contributed by atoms with Crippen molar-refractivity contribution in [3.63, 3.8) is 0 Å². The van der Waals surface area contributed by atoms with Crippen LogP contribution in [0, 0.1) is 13.8 Å². The van der Waals surface area contributed by atoms with E-state index >= 15 is 0 Å². The number of benzene rings is 2. The molecule has 0 spiro atoms. The number of hydrogen-bond donors (Lipinski definition) is 1. The Bertz CT molecular complexity index is 1020. The number of aromatic nitrogens is 4. The Morgan fingerprint density at radius 3 is 2.42 bits per heavy atom. The predicted molar refractivity (Wildman–Crippen MR) is 104 cm³/mol. The minimum atomic E-state index is 0.566. The first-order valence-corrected chi connectivity index (χ1v) is 8.48. The minimum absolute atomic E-state index is 0.566. The summed E-state index contributed by atoms with van der Waals surface area (Å²) >= 11 is 0. The third-order valence-electron chi connectivity index (χ3n) is 4.16. The lowest BCUT2D eigenvalue weighted by Gasteiger charge is -2.05. The van der Waals surface area contributed by atoms with Crippen LogP contribution in [0.3, 0.4) is 0 Å². The van der Waals surface area contributed by atoms with Gasteiger partial charge in [-0.3, -0.25) is 0 Å². The number of anilines is 2. The molecule has 0 fully saturated rings. The first-order valence-electron chi connectivity index (χ1n) is 8.48. The SMILES string of the molecule is Cc1ccc(-n2cc(-c3ccnc(Nc4ccccc4)n3)c(C)n2)cc1. The standard InChI is InChI=1S/C21H19N5/c1-15-8-10-18(11-9-15)26-14-19(16(2)25-26)20-12-13-22-21(24-20)23-17-6-4-3-5-7-17/h3-14H,1-2H3,(H,22,23,24). The lowest BCUT2D eigenvalue weighted by molar-refractivity contribution is 0.862. The Morgan fingerprint density at radius 2 is 1.65 bits per heavy atom. The van der Waals surface area contributed by atoms with Gasteiger partial charge in [-0.2, -0.15) is 5.10 Å². The van der Waals surface area contributed by atoms with Crippen molar-refractivity contribution >= 4 is 11.6 Å². The Hall–Kier alpha value is -3.47. The van der Waals surface area contributed by atoms with Gasteiger partial charge >= 0.3 is 0 Å². The second kappa shape index (κ2) is 6.80. The van der Waals surface area contributed by atoms with Crippen LogP contribution in [0.1, 0.15) is 11.3 Å². The van der Waals surface area contributed by atoms with E-state index in [1.807, 2.05) is 54.2 Å². The van der Waals surface area contributed by atoms with E-state index in [4.69, 9.17) is 0 Å². The molecule has 0 saturated heterocycles. The molecule has 0 bridgehead atoms. The van der Waals surface area contributed by atoms with E-state index < -0.39 is 0 Å². The highest BCUT2D eigenvalue weighted by atomic mass is 15.3. The third kappa shape index (κ3) is 3.32. The molecule has 2 heterocycles. The second-order valence-electron chi connectivity index (χ2n) is 6.16. The molecule has 5 nitrogen and oxygen atoms in total. The molecule has 0 saturated carbocycles. The van der Waals surface area contributed by atoms with Crippen LogP contribution in [-0.2, 0) is 0 Å². The van der Waals surface area contributed by atoms with E-state index in [0.717, 1.165) is 28.3 Å². The topological polar surface area (TPSA) is 55.6 Å². The Balaban J connectivity index is 1.65. The monoisotopic (exact) mass is 341 g/mol. The van der Waals surface area contributed by atoms with Gasteiger partial charge in [-0.15, -0.1) is 0 Å². The zero-order valence-corrected chi connectivity index (χ0v) is 14.7. The van der Waals surface area contributed by atoms with E-state index in [-0.39, 0.29) is 0 Å². The Kier molecular flexibility index (Phi) is 4.19. The summed E-state index contributed by atoms with van der Waals surface area (Å²) in [5, 5.41) is 7.87. The van der Waals surface area contributed by atoms with Gasteiger partial charge in [-0.1, -0.05) is 35.9 Å². The van der Waals surface area contributed by atoms with Crippen LogP contribution in [0.25, 0.3) is 16.9 Å². The molecule has 0 aliphatic carbocycles. The maximum Gasteiger partial charge on any atom is 0.227 e. The average molecular weight is 341 g/mol. The third-order valence-corrected chi connectivity index (χ3v) is 4.16. The van der Waals surface area contributed by atoms with Gasteiger partial charge in [0, 0.05) is 23.6 Å². The molecule has 4 aromatic rings. The normalized spacial score (nSPS) is 10.7. The summed E-state index contributed by atoms with van der Waals surface area (Å²) in [7, 11) is 0. The molecule has 0 aliphatic rings. The van der Waals surface area contributed by atoms with Gasteiger partial charge in [0.1, 0.15) is 0 Å². The van der Waals surface area contributed by atoms with Crippen LogP contribution in [-0.4, -0.2) is 19.7 Å². The van der Waals surface area contributed by atoms with E-state index in [9.17, 15) is 0 Å². The van der Waals surface area contributed by atoms with Crippen molar-refractivity contribution in [3.8, 4) is 16.9 Å². The van der Waals surface area contributed by atoms with Crippen molar-refractivity contribution in [2.75, 3.05) is 5.32 Å². The maximum atomic E-state index is 4.64. The molecule has 0 unspecified atom stereocenters. The summed E-state index contributed by atoms with van der Waals surface area (Å²) in [6, 6.07) is 20.1. The number of hydrogen-bond acceptors (Lipinski definition) is 4. The molecule has 26 heavy (non-hydrogen) atoms. The number of nitrogens with one attached hydrogen (secondary N) is 1. The Morgan fingerprint density at radius 1 is 0.885 bits per heavy atom. The smallest absolute Gasteiger partial charge is 0.227 e. The quantitative estimate of drug-likeness (QED) is 0.585. The fourth-order valence-electron chi connectivity index (χ4n) is 2.76. The molecule has 2 aromatic carbocycles. The molecule has 0 aliphatic heterocycles. The van der Waals surface area contributed by atoms with Gasteiger partial charge in [0.2, 0.25) is 5.95 Å². The highest BCUT2D eigenvalue weighted by Crippen LogP contribution is 2.23. The van der Waals surface area contributed by atoms with Crippen LogP contribution in [0.4, 0.5) is 11.6 Å². The first-order chi connectivity index (χ1) is 12.7. The number of para-hydroxylation sites is 1. The summed E-state index contributed by atoms with van der Waals surface area (Å²) in [5.74, 6) is 0.566. The van der Waals surface area contributed by atoms with Gasteiger partial charge in [0.25, 0.3) is 0 Å². The fraction of sp³-hybridized carbons (Fsp3) is 0.0952. The second-order valence-corrected chi connectivity index (χ2v) is 6.16. The molecule has 0 atom stereocenters. The average Bonchev–Trinajstić information content (AvgIpc) is 3.05. The summed E-state index contributed by atoms with van der Waals surface area (Å²) < 4.78 is 1.89. The van der Waals surface area contributed by atoms with Crippen LogP contribution in [0.15, 0.2) is 73.1 Å². The minimum Gasteiger partial charge on any atom is -0.324 e. The van der Waals surface area contributed by atoms with Gasteiger partial charge < -0.3 is 5.32 Å². The van der Waals surface area contributed by atoms with Gasteiger partial charge in [0.15, 0.2) is 0 Å². The van der Waals surface area contributed by atoms with Crippen molar-refractivity contribution in [1.82, 2.24) is 19.7 Å². The molecule has 2 aromatic heterocycles. The molecule has 5 heteroatoms. The van der Waals surface area contributed by atoms with Crippen molar-refractivity contribution in [1.29, 1.82) is 0 Å². The van der Waals surface area contributed by atoms with E-state index in [1.165, 1.54) is 5.56 Å². The highest BCUT2D eigenvalue weighted by Gasteiger charge is 2.11. The van der Waals surface area contributed by atoms with Crippen molar-refractivity contribution in [2.24, 2.45) is 0 Å². The zero-order valence-electron chi connectivity index (χ0n) is 14.7. The number of rotatable bonds is 4. The molecule has 0 amide bonds. The number of nitrogens with zero attached hydrogens (tertiary/aromatic N) is 4. The molecule has 128 valence electrons. The van der Waals surface area contributed by atoms with Crippen LogP contribution >= 0.6 is 0 Å². The van der Waals surface area contributed by atoms with Gasteiger partial charge in [-0.25, -0.2) is 14.6 Å². The van der Waals surface area contributed by atoms with E-state index in [2.05, 4.69) is 51.6 Å². The zero-order chi connectivity index (χ0) is 17.9. The van der Waals surface area contributed by atoms with E-state index in [0.29, 0.717) is 5.95 Å². The van der Waals surface area contributed by atoms with Crippen LogP contribution < -0.4 is 5.32 Å². The predicted octanol–water partition coefficient (Wildman–Crippen LogP) is 4.69. The lowest BCUT2D eigenvalue weighted by Crippen LogP contribution is -1.97. The summed E-state index contributed by atoms with van der Waals surface area (Å²) in [6.07, 6.45) is 3.77. The summed E-state index contributed by atoms with van der Waals surface area (Å²) in [5.41, 5.74) is 5.97. The highest BCUT2D eigenvalue weighted by molar-refractivity contribution is 5.64. The van der Waals surface area contributed by atoms with Crippen LogP contribution in [0.2, 0.25) is 0 Å². The summed E-state index contributed by atoms with van der Waals surface area (Å²) in [6.45, 7) is 4.07. The maximum absolute atomic E-state index is 4.64. The molecule has 4 rings (SSSR count). The van der Waals surface area contributed by atoms with Crippen molar-refractivity contribution in [2.45, 2.75) is 13.8 Å². The Labute approximate surface area is 152 Å². The van der Waals surface area contributed by atoms with Gasteiger partial charge in [0.05, 0.1) is 17.1 Å². The van der Waals surface area contributed by atoms with Crippen molar-refractivity contribution in [3.05, 3.63) is 84.3 Å². The summed E-state index contributed by atoms with van der Waals surface area (Å²) in [4.78, 5) is 8.96.